The van der Waals surface area contributed by atoms with Gasteiger partial charge in [-0.25, -0.2) is 8.42 Å². The highest BCUT2D eigenvalue weighted by Gasteiger charge is 2.27. The summed E-state index contributed by atoms with van der Waals surface area (Å²) in [6.45, 7) is 1.91. The summed E-state index contributed by atoms with van der Waals surface area (Å²) in [4.78, 5) is 10.1. The van der Waals surface area contributed by atoms with Gasteiger partial charge >= 0.3 is 0 Å². The normalized spacial score (nSPS) is 11.0. The Bertz CT molecular complexity index is 1160. The summed E-state index contributed by atoms with van der Waals surface area (Å²) in [7, 11) is -2.93. The van der Waals surface area contributed by atoms with E-state index in [1.54, 1.807) is 30.3 Å². The van der Waals surface area contributed by atoms with Crippen molar-refractivity contribution in [3.63, 3.8) is 0 Å². The van der Waals surface area contributed by atoms with Gasteiger partial charge in [0.05, 0.1) is 23.8 Å². The lowest BCUT2D eigenvalue weighted by Crippen LogP contribution is -2.15. The van der Waals surface area contributed by atoms with Crippen LogP contribution in [0.4, 0.5) is 11.4 Å². The Morgan fingerprint density at radius 2 is 1.72 bits per heavy atom. The number of aryl methyl sites for hydroxylation is 1. The molecule has 0 spiro atoms. The van der Waals surface area contributed by atoms with Crippen LogP contribution in [0, 0.1) is 17.0 Å². The molecule has 9 heteroatoms. The molecule has 3 aromatic carbocycles. The second kappa shape index (κ2) is 8.19. The summed E-state index contributed by atoms with van der Waals surface area (Å²) in [6, 6.07) is 17.2. The molecule has 3 aromatic rings. The molecule has 8 nitrogen and oxygen atoms in total. The highest BCUT2D eigenvalue weighted by molar-refractivity contribution is 7.92. The fourth-order valence-corrected chi connectivity index (χ4v) is 3.86. The third-order valence-corrected chi connectivity index (χ3v) is 5.41. The van der Waals surface area contributed by atoms with Crippen molar-refractivity contribution >= 4 is 21.4 Å². The lowest BCUT2D eigenvalue weighted by atomic mass is 10.2. The zero-order valence-electron chi connectivity index (χ0n) is 15.7. The molecule has 150 valence electrons. The number of anilines is 1. The van der Waals surface area contributed by atoms with Gasteiger partial charge in [0.25, 0.3) is 15.7 Å². The topological polar surface area (TPSA) is 108 Å². The Morgan fingerprint density at radius 1 is 0.966 bits per heavy atom. The minimum Gasteiger partial charge on any atom is -0.497 e. The summed E-state index contributed by atoms with van der Waals surface area (Å²) >= 11 is 0. The summed E-state index contributed by atoms with van der Waals surface area (Å²) in [5.74, 6) is 0.976. The molecule has 0 aromatic heterocycles. The van der Waals surface area contributed by atoms with Crippen molar-refractivity contribution in [3.05, 3.63) is 82.4 Å². The summed E-state index contributed by atoms with van der Waals surface area (Å²) in [5, 5.41) is 11.4. The molecule has 0 saturated heterocycles. The minimum absolute atomic E-state index is 0.152. The number of nitro benzene ring substituents is 1. The maximum atomic E-state index is 12.9. The van der Waals surface area contributed by atoms with Crippen LogP contribution in [0.5, 0.6) is 17.2 Å². The van der Waals surface area contributed by atoms with Crippen LogP contribution in [-0.2, 0) is 10.0 Å². The van der Waals surface area contributed by atoms with Crippen LogP contribution in [0.3, 0.4) is 0 Å². The molecule has 0 fully saturated rings. The summed E-state index contributed by atoms with van der Waals surface area (Å²) in [6.07, 6.45) is 0. The summed E-state index contributed by atoms with van der Waals surface area (Å²) in [5.41, 5.74) is 0.544. The number of nitro groups is 1. The van der Waals surface area contributed by atoms with E-state index in [1.807, 2.05) is 19.1 Å². The largest absolute Gasteiger partial charge is 0.497 e. The van der Waals surface area contributed by atoms with Crippen molar-refractivity contribution in [1.29, 1.82) is 0 Å². The first-order chi connectivity index (χ1) is 13.8. The molecule has 0 atom stereocenters. The van der Waals surface area contributed by atoms with Crippen molar-refractivity contribution in [2.45, 2.75) is 11.8 Å². The van der Waals surface area contributed by atoms with Crippen LogP contribution >= 0.6 is 0 Å². The van der Waals surface area contributed by atoms with Crippen LogP contribution in [0.25, 0.3) is 0 Å². The monoisotopic (exact) mass is 414 g/mol. The predicted molar refractivity (Wildman–Crippen MR) is 108 cm³/mol. The third kappa shape index (κ3) is 4.64. The van der Waals surface area contributed by atoms with E-state index in [1.165, 1.54) is 19.2 Å². The molecule has 0 amide bonds. The average Bonchev–Trinajstić information content (AvgIpc) is 2.69. The lowest BCUT2D eigenvalue weighted by Gasteiger charge is -2.14. The number of methoxy groups -OCH3 is 1. The standard InChI is InChI=1S/C20H18N2O6S/c1-14-6-5-7-16(12-14)28-19-9-4-3-8-17(19)21-29(25,26)20-11-10-15(27-2)13-18(20)22(23)24/h3-13,21H,1-2H3. The Labute approximate surface area is 167 Å². The first-order valence-electron chi connectivity index (χ1n) is 8.49. The highest BCUT2D eigenvalue weighted by Crippen LogP contribution is 2.34. The third-order valence-electron chi connectivity index (χ3n) is 4.00. The SMILES string of the molecule is COc1ccc(S(=O)(=O)Nc2ccccc2Oc2cccc(C)c2)c([N+](=O)[O-])c1. The van der Waals surface area contributed by atoms with Gasteiger partial charge in [0.15, 0.2) is 10.6 Å². The van der Waals surface area contributed by atoms with Crippen molar-refractivity contribution in [2.24, 2.45) is 0 Å². The number of benzene rings is 3. The zero-order chi connectivity index (χ0) is 21.0. The molecule has 0 aliphatic carbocycles. The number of rotatable bonds is 7. The van der Waals surface area contributed by atoms with Crippen LogP contribution < -0.4 is 14.2 Å². The second-order valence-corrected chi connectivity index (χ2v) is 7.76. The van der Waals surface area contributed by atoms with Gasteiger partial charge in [-0.15, -0.1) is 0 Å². The summed E-state index contributed by atoms with van der Waals surface area (Å²) < 4.78 is 38.9. The number of hydrogen-bond donors (Lipinski definition) is 1. The van der Waals surface area contributed by atoms with E-state index in [-0.39, 0.29) is 17.2 Å². The molecule has 0 radical (unpaired) electrons. The first kappa shape index (κ1) is 20.2. The molecule has 0 aliphatic rings. The second-order valence-electron chi connectivity index (χ2n) is 6.11. The molecule has 29 heavy (non-hydrogen) atoms. The number of sulfonamides is 1. The number of ether oxygens (including phenoxy) is 2. The van der Waals surface area contributed by atoms with Crippen molar-refractivity contribution in [3.8, 4) is 17.2 Å². The number of nitrogens with one attached hydrogen (secondary N) is 1. The van der Waals surface area contributed by atoms with E-state index in [4.69, 9.17) is 9.47 Å². The molecular formula is C20H18N2O6S. The fourth-order valence-electron chi connectivity index (χ4n) is 2.64. The zero-order valence-corrected chi connectivity index (χ0v) is 16.5. The molecule has 0 aliphatic heterocycles. The van der Waals surface area contributed by atoms with Gasteiger partial charge in [-0.1, -0.05) is 24.3 Å². The molecule has 1 N–H and O–H groups in total. The van der Waals surface area contributed by atoms with E-state index in [0.717, 1.165) is 17.7 Å². The molecule has 0 bridgehead atoms. The van der Waals surface area contributed by atoms with Gasteiger partial charge in [0, 0.05) is 0 Å². The number of para-hydroxylation sites is 2. The van der Waals surface area contributed by atoms with Gasteiger partial charge in [-0.2, -0.15) is 0 Å². The van der Waals surface area contributed by atoms with Crippen LogP contribution in [-0.4, -0.2) is 20.5 Å². The number of nitrogens with zero attached hydrogens (tertiary/aromatic N) is 1. The van der Waals surface area contributed by atoms with Gasteiger partial charge in [0.1, 0.15) is 11.5 Å². The average molecular weight is 414 g/mol. The molecule has 0 heterocycles. The van der Waals surface area contributed by atoms with Crippen molar-refractivity contribution in [1.82, 2.24) is 0 Å². The Hall–Kier alpha value is -3.59. The van der Waals surface area contributed by atoms with E-state index in [0.29, 0.717) is 5.75 Å². The van der Waals surface area contributed by atoms with Crippen LogP contribution in [0.15, 0.2) is 71.6 Å². The van der Waals surface area contributed by atoms with E-state index in [2.05, 4.69) is 4.72 Å². The number of hydrogen-bond acceptors (Lipinski definition) is 6. The molecule has 3 rings (SSSR count). The van der Waals surface area contributed by atoms with Crippen LogP contribution in [0.2, 0.25) is 0 Å². The van der Waals surface area contributed by atoms with Crippen molar-refractivity contribution in [2.75, 3.05) is 11.8 Å². The Kier molecular flexibility index (Phi) is 5.69. The maximum Gasteiger partial charge on any atom is 0.293 e. The lowest BCUT2D eigenvalue weighted by molar-refractivity contribution is -0.387. The maximum absolute atomic E-state index is 12.9. The van der Waals surface area contributed by atoms with E-state index >= 15 is 0 Å². The Morgan fingerprint density at radius 3 is 2.41 bits per heavy atom. The van der Waals surface area contributed by atoms with Gasteiger partial charge in [0.2, 0.25) is 0 Å². The molecule has 0 saturated carbocycles. The van der Waals surface area contributed by atoms with E-state index < -0.39 is 25.5 Å². The van der Waals surface area contributed by atoms with Gasteiger partial charge in [-0.3, -0.25) is 14.8 Å². The molecule has 0 unspecified atom stereocenters. The highest BCUT2D eigenvalue weighted by atomic mass is 32.2. The minimum atomic E-state index is -4.26. The Balaban J connectivity index is 1.97. The predicted octanol–water partition coefficient (Wildman–Crippen LogP) is 4.50. The first-order valence-corrected chi connectivity index (χ1v) is 9.97. The van der Waals surface area contributed by atoms with Gasteiger partial charge in [-0.05, 0) is 48.9 Å². The van der Waals surface area contributed by atoms with Crippen LogP contribution in [0.1, 0.15) is 5.56 Å². The van der Waals surface area contributed by atoms with E-state index in [9.17, 15) is 18.5 Å². The fraction of sp³-hybridized carbons (Fsp3) is 0.100. The molecular weight excluding hydrogens is 396 g/mol. The van der Waals surface area contributed by atoms with Gasteiger partial charge < -0.3 is 9.47 Å². The van der Waals surface area contributed by atoms with Crippen molar-refractivity contribution < 1.29 is 22.8 Å². The quantitative estimate of drug-likeness (QED) is 0.450. The smallest absolute Gasteiger partial charge is 0.293 e.